The number of rotatable bonds is 3. The van der Waals surface area contributed by atoms with Crippen LogP contribution in [0.3, 0.4) is 0 Å². The van der Waals surface area contributed by atoms with Gasteiger partial charge in [-0.05, 0) is 18.2 Å². The van der Waals surface area contributed by atoms with Crippen LogP contribution in [0.5, 0.6) is 5.75 Å². The molecule has 0 aliphatic rings. The number of anilines is 1. The van der Waals surface area contributed by atoms with Gasteiger partial charge in [-0.3, -0.25) is 4.79 Å². The summed E-state index contributed by atoms with van der Waals surface area (Å²) in [5, 5.41) is 2.56. The highest BCUT2D eigenvalue weighted by molar-refractivity contribution is 14.1. The molecule has 4 nitrogen and oxygen atoms in total. The van der Waals surface area contributed by atoms with Crippen molar-refractivity contribution >= 4 is 34.5 Å². The van der Waals surface area contributed by atoms with Crippen molar-refractivity contribution in [2.75, 3.05) is 17.7 Å². The fraction of sp³-hybridized carbons (Fsp3) is 0.222. The summed E-state index contributed by atoms with van der Waals surface area (Å²) in [5.41, 5.74) is 1.39. The molecule has 0 saturated heterocycles. The molecule has 1 rings (SSSR count). The van der Waals surface area contributed by atoms with Gasteiger partial charge in [0.05, 0.1) is 35.5 Å². The lowest BCUT2D eigenvalue weighted by Gasteiger charge is -2.08. The summed E-state index contributed by atoms with van der Waals surface area (Å²) < 4.78 is 8.01. The van der Waals surface area contributed by atoms with Crippen LogP contribution in [0.4, 0.5) is 5.69 Å². The first kappa shape index (κ1) is 11.1. The molecule has 5 heteroatoms. The van der Waals surface area contributed by atoms with Crippen LogP contribution >= 0.6 is 22.9 Å². The molecular weight excluding hydrogens is 295 g/mol. The molecule has 0 radical (unpaired) electrons. The third kappa shape index (κ3) is 2.28. The SMILES string of the molecule is CNC(=O)c1cc(NI)ccc1OC. The summed E-state index contributed by atoms with van der Waals surface area (Å²) >= 11 is 2.01. The average Bonchev–Trinajstić information content (AvgIpc) is 2.27. The van der Waals surface area contributed by atoms with E-state index >= 15 is 0 Å². The first-order chi connectivity index (χ1) is 6.72. The fourth-order valence-electron chi connectivity index (χ4n) is 1.08. The number of hydrogen-bond acceptors (Lipinski definition) is 3. The Morgan fingerprint density at radius 3 is 2.71 bits per heavy atom. The second-order valence-electron chi connectivity index (χ2n) is 2.59. The number of ether oxygens (including phenoxy) is 1. The lowest BCUT2D eigenvalue weighted by molar-refractivity contribution is 0.0960. The number of halogens is 1. The van der Waals surface area contributed by atoms with E-state index in [2.05, 4.69) is 8.85 Å². The van der Waals surface area contributed by atoms with Crippen molar-refractivity contribution in [3.63, 3.8) is 0 Å². The van der Waals surface area contributed by atoms with Crippen molar-refractivity contribution in [3.8, 4) is 5.75 Å². The molecule has 0 spiro atoms. The Hall–Kier alpha value is -0.980. The highest BCUT2D eigenvalue weighted by Gasteiger charge is 2.10. The van der Waals surface area contributed by atoms with Crippen LogP contribution in [0.25, 0.3) is 0 Å². The van der Waals surface area contributed by atoms with Gasteiger partial charge in [0, 0.05) is 12.7 Å². The van der Waals surface area contributed by atoms with Gasteiger partial charge in [0.1, 0.15) is 5.75 Å². The zero-order valence-electron chi connectivity index (χ0n) is 7.93. The quantitative estimate of drug-likeness (QED) is 0.661. The minimum absolute atomic E-state index is 0.157. The summed E-state index contributed by atoms with van der Waals surface area (Å²) in [7, 11) is 3.13. The Bertz CT molecular complexity index is 342. The fourth-order valence-corrected chi connectivity index (χ4v) is 1.41. The molecule has 0 saturated carbocycles. The van der Waals surface area contributed by atoms with E-state index in [9.17, 15) is 4.79 Å². The van der Waals surface area contributed by atoms with E-state index in [1.807, 2.05) is 28.9 Å². The van der Waals surface area contributed by atoms with Crippen LogP contribution in [-0.2, 0) is 0 Å². The maximum atomic E-state index is 11.4. The Morgan fingerprint density at radius 2 is 2.21 bits per heavy atom. The molecular formula is C9H11IN2O2. The van der Waals surface area contributed by atoms with Crippen LogP contribution in [0, 0.1) is 0 Å². The number of hydrogen-bond donors (Lipinski definition) is 2. The number of benzene rings is 1. The topological polar surface area (TPSA) is 50.4 Å². The summed E-state index contributed by atoms with van der Waals surface area (Å²) in [6.07, 6.45) is 0. The highest BCUT2D eigenvalue weighted by atomic mass is 127. The monoisotopic (exact) mass is 306 g/mol. The second kappa shape index (κ2) is 5.04. The van der Waals surface area contributed by atoms with Gasteiger partial charge in [-0.25, -0.2) is 0 Å². The number of amides is 1. The minimum atomic E-state index is -0.157. The predicted molar refractivity (Wildman–Crippen MR) is 64.0 cm³/mol. The van der Waals surface area contributed by atoms with Crippen LogP contribution in [0.15, 0.2) is 18.2 Å². The zero-order chi connectivity index (χ0) is 10.6. The van der Waals surface area contributed by atoms with E-state index < -0.39 is 0 Å². The van der Waals surface area contributed by atoms with Gasteiger partial charge in [0.15, 0.2) is 0 Å². The smallest absolute Gasteiger partial charge is 0.254 e. The molecule has 1 aromatic rings. The molecule has 0 aliphatic heterocycles. The van der Waals surface area contributed by atoms with Crippen molar-refractivity contribution < 1.29 is 9.53 Å². The first-order valence-electron chi connectivity index (χ1n) is 3.99. The first-order valence-corrected chi connectivity index (χ1v) is 5.07. The van der Waals surface area contributed by atoms with Crippen molar-refractivity contribution in [2.24, 2.45) is 0 Å². The normalized spacial score (nSPS) is 9.36. The lowest BCUT2D eigenvalue weighted by atomic mass is 10.1. The molecule has 0 aromatic heterocycles. The van der Waals surface area contributed by atoms with Gasteiger partial charge in [-0.15, -0.1) is 0 Å². The molecule has 0 atom stereocenters. The highest BCUT2D eigenvalue weighted by Crippen LogP contribution is 2.23. The van der Waals surface area contributed by atoms with Crippen LogP contribution in [0.2, 0.25) is 0 Å². The summed E-state index contributed by atoms with van der Waals surface area (Å²) in [6.45, 7) is 0. The standard InChI is InChI=1S/C9H11IN2O2/c1-11-9(13)7-5-6(12-10)3-4-8(7)14-2/h3-5,12H,1-2H3,(H,11,13). The van der Waals surface area contributed by atoms with Crippen molar-refractivity contribution in [1.29, 1.82) is 0 Å². The van der Waals surface area contributed by atoms with Crippen LogP contribution in [-0.4, -0.2) is 20.1 Å². The van der Waals surface area contributed by atoms with Gasteiger partial charge in [0.25, 0.3) is 5.91 Å². The molecule has 0 heterocycles. The molecule has 0 unspecified atom stereocenters. The number of carbonyl (C=O) groups excluding carboxylic acids is 1. The summed E-state index contributed by atoms with van der Waals surface area (Å²) in [5.74, 6) is 0.412. The van der Waals surface area contributed by atoms with Gasteiger partial charge >= 0.3 is 0 Å². The molecule has 0 fully saturated rings. The van der Waals surface area contributed by atoms with Crippen LogP contribution < -0.4 is 13.6 Å². The molecule has 0 bridgehead atoms. The van der Waals surface area contributed by atoms with E-state index in [0.717, 1.165) is 5.69 Å². The van der Waals surface area contributed by atoms with Gasteiger partial charge in [0.2, 0.25) is 0 Å². The largest absolute Gasteiger partial charge is 0.496 e. The summed E-state index contributed by atoms with van der Waals surface area (Å²) in [4.78, 5) is 11.4. The van der Waals surface area contributed by atoms with E-state index in [1.54, 1.807) is 26.3 Å². The lowest BCUT2D eigenvalue weighted by Crippen LogP contribution is -2.18. The van der Waals surface area contributed by atoms with E-state index in [4.69, 9.17) is 4.74 Å². The van der Waals surface area contributed by atoms with Gasteiger partial charge < -0.3 is 13.6 Å². The second-order valence-corrected chi connectivity index (χ2v) is 3.13. The molecule has 2 N–H and O–H groups in total. The Kier molecular flexibility index (Phi) is 3.99. The minimum Gasteiger partial charge on any atom is -0.496 e. The average molecular weight is 306 g/mol. The molecule has 1 amide bonds. The van der Waals surface area contributed by atoms with E-state index in [1.165, 1.54) is 0 Å². The van der Waals surface area contributed by atoms with Crippen molar-refractivity contribution in [1.82, 2.24) is 5.32 Å². The zero-order valence-corrected chi connectivity index (χ0v) is 10.1. The maximum absolute atomic E-state index is 11.4. The maximum Gasteiger partial charge on any atom is 0.254 e. The number of methoxy groups -OCH3 is 1. The third-order valence-electron chi connectivity index (χ3n) is 1.78. The Morgan fingerprint density at radius 1 is 1.50 bits per heavy atom. The third-order valence-corrected chi connectivity index (χ3v) is 2.40. The van der Waals surface area contributed by atoms with Crippen molar-refractivity contribution in [3.05, 3.63) is 23.8 Å². The number of carbonyl (C=O) groups is 1. The molecule has 14 heavy (non-hydrogen) atoms. The van der Waals surface area contributed by atoms with Crippen molar-refractivity contribution in [2.45, 2.75) is 0 Å². The van der Waals surface area contributed by atoms with E-state index in [-0.39, 0.29) is 5.91 Å². The predicted octanol–water partition coefficient (Wildman–Crippen LogP) is 1.82. The van der Waals surface area contributed by atoms with Gasteiger partial charge in [-0.1, -0.05) is 0 Å². The number of nitrogens with one attached hydrogen (secondary N) is 2. The Balaban J connectivity index is 3.14. The van der Waals surface area contributed by atoms with E-state index in [0.29, 0.717) is 11.3 Å². The summed E-state index contributed by atoms with van der Waals surface area (Å²) in [6, 6.07) is 5.34. The molecule has 0 aliphatic carbocycles. The van der Waals surface area contributed by atoms with Crippen LogP contribution in [0.1, 0.15) is 10.4 Å². The van der Waals surface area contributed by atoms with Gasteiger partial charge in [-0.2, -0.15) is 0 Å². The molecule has 1 aromatic carbocycles. The molecule has 76 valence electrons. The Labute approximate surface area is 96.5 Å².